The predicted molar refractivity (Wildman–Crippen MR) is 80.8 cm³/mol. The summed E-state index contributed by atoms with van der Waals surface area (Å²) < 4.78 is 5.75. The van der Waals surface area contributed by atoms with Gasteiger partial charge in [-0.1, -0.05) is 30.7 Å². The lowest BCUT2D eigenvalue weighted by Crippen LogP contribution is -2.46. The number of benzene rings is 1. The largest absolute Gasteiger partial charge is 0.378 e. The van der Waals surface area contributed by atoms with Crippen molar-refractivity contribution in [1.82, 2.24) is 5.32 Å². The first-order valence-corrected chi connectivity index (χ1v) is 7.58. The van der Waals surface area contributed by atoms with Crippen LogP contribution in [0.15, 0.2) is 24.3 Å². The summed E-state index contributed by atoms with van der Waals surface area (Å²) in [6, 6.07) is 8.62. The molecule has 0 amide bonds. The smallest absolute Gasteiger partial charge is 0.0693 e. The van der Waals surface area contributed by atoms with E-state index in [9.17, 15) is 0 Å². The number of rotatable bonds is 7. The highest BCUT2D eigenvalue weighted by atomic mass is 35.5. The monoisotopic (exact) mass is 281 g/mol. The molecule has 0 radical (unpaired) electrons. The molecule has 1 saturated carbocycles. The van der Waals surface area contributed by atoms with Gasteiger partial charge in [0.1, 0.15) is 0 Å². The molecule has 3 heteroatoms. The summed E-state index contributed by atoms with van der Waals surface area (Å²) in [6.45, 7) is 3.15. The number of likely N-dealkylation sites (N-methyl/N-ethyl adjacent to an activating group) is 1. The Bertz CT molecular complexity index is 398. The highest BCUT2D eigenvalue weighted by molar-refractivity contribution is 6.30. The molecule has 0 spiro atoms. The summed E-state index contributed by atoms with van der Waals surface area (Å²) in [5.41, 5.74) is 1.41. The lowest BCUT2D eigenvalue weighted by molar-refractivity contribution is -0.0833. The minimum Gasteiger partial charge on any atom is -0.378 e. The Morgan fingerprint density at radius 2 is 2.21 bits per heavy atom. The highest BCUT2D eigenvalue weighted by Crippen LogP contribution is 2.39. The molecule has 1 aromatic rings. The molecule has 0 aromatic heterocycles. The summed E-state index contributed by atoms with van der Waals surface area (Å²) in [6.07, 6.45) is 5.79. The van der Waals surface area contributed by atoms with Crippen molar-refractivity contribution in [1.29, 1.82) is 0 Å². The lowest BCUT2D eigenvalue weighted by atomic mass is 9.75. The van der Waals surface area contributed by atoms with E-state index in [-0.39, 0.29) is 5.60 Å². The fourth-order valence-corrected chi connectivity index (χ4v) is 3.18. The van der Waals surface area contributed by atoms with Gasteiger partial charge in [0.2, 0.25) is 0 Å². The average molecular weight is 282 g/mol. The molecule has 106 valence electrons. The zero-order valence-corrected chi connectivity index (χ0v) is 12.7. The third kappa shape index (κ3) is 3.95. The maximum Gasteiger partial charge on any atom is 0.0693 e. The van der Waals surface area contributed by atoms with Crippen LogP contribution in [0.25, 0.3) is 0 Å². The lowest BCUT2D eigenvalue weighted by Gasteiger charge is -2.43. The molecular weight excluding hydrogens is 258 g/mol. The summed E-state index contributed by atoms with van der Waals surface area (Å²) in [4.78, 5) is 0. The Morgan fingerprint density at radius 3 is 2.74 bits per heavy atom. The van der Waals surface area contributed by atoms with Gasteiger partial charge >= 0.3 is 0 Å². The van der Waals surface area contributed by atoms with Crippen LogP contribution in [-0.2, 0) is 11.2 Å². The standard InChI is InChI=1S/C16H24ClNO/c1-3-18-15(12-16(19-2)8-5-9-16)11-13-6-4-7-14(17)10-13/h4,6-7,10,15,18H,3,5,8-9,11-12H2,1-2H3. The summed E-state index contributed by atoms with van der Waals surface area (Å²) >= 11 is 6.06. The maximum absolute atomic E-state index is 6.06. The molecule has 2 nitrogen and oxygen atoms in total. The minimum absolute atomic E-state index is 0.116. The van der Waals surface area contributed by atoms with Gasteiger partial charge in [-0.05, 0) is 56.3 Å². The molecule has 1 atom stereocenters. The van der Waals surface area contributed by atoms with Crippen molar-refractivity contribution in [3.63, 3.8) is 0 Å². The van der Waals surface area contributed by atoms with E-state index in [0.29, 0.717) is 6.04 Å². The fraction of sp³-hybridized carbons (Fsp3) is 0.625. The van der Waals surface area contributed by atoms with Crippen LogP contribution in [0.2, 0.25) is 5.02 Å². The SMILES string of the molecule is CCNC(Cc1cccc(Cl)c1)CC1(OC)CCC1. The number of hydrogen-bond donors (Lipinski definition) is 1. The van der Waals surface area contributed by atoms with Crippen LogP contribution in [0.3, 0.4) is 0 Å². The molecule has 1 fully saturated rings. The molecule has 19 heavy (non-hydrogen) atoms. The molecular formula is C16H24ClNO. The second kappa shape index (κ2) is 6.74. The van der Waals surface area contributed by atoms with Crippen molar-refractivity contribution in [3.05, 3.63) is 34.9 Å². The van der Waals surface area contributed by atoms with E-state index >= 15 is 0 Å². The van der Waals surface area contributed by atoms with Crippen molar-refractivity contribution in [2.24, 2.45) is 0 Å². The third-order valence-electron chi connectivity index (χ3n) is 4.18. The third-order valence-corrected chi connectivity index (χ3v) is 4.42. The van der Waals surface area contributed by atoms with E-state index in [4.69, 9.17) is 16.3 Å². The van der Waals surface area contributed by atoms with E-state index in [1.807, 2.05) is 19.2 Å². The van der Waals surface area contributed by atoms with Crippen LogP contribution in [0.1, 0.15) is 38.2 Å². The van der Waals surface area contributed by atoms with E-state index in [2.05, 4.69) is 24.4 Å². The van der Waals surface area contributed by atoms with Gasteiger partial charge in [-0.3, -0.25) is 0 Å². The summed E-state index contributed by atoms with van der Waals surface area (Å²) in [5.74, 6) is 0. The Morgan fingerprint density at radius 1 is 1.42 bits per heavy atom. The molecule has 1 N–H and O–H groups in total. The van der Waals surface area contributed by atoms with Crippen LogP contribution >= 0.6 is 11.6 Å². The number of halogens is 1. The Balaban J connectivity index is 1.99. The van der Waals surface area contributed by atoms with E-state index < -0.39 is 0 Å². The molecule has 1 aliphatic rings. The zero-order valence-electron chi connectivity index (χ0n) is 11.9. The fourth-order valence-electron chi connectivity index (χ4n) is 2.97. The summed E-state index contributed by atoms with van der Waals surface area (Å²) in [5, 5.41) is 4.40. The molecule has 0 heterocycles. The van der Waals surface area contributed by atoms with Crippen molar-refractivity contribution in [3.8, 4) is 0 Å². The van der Waals surface area contributed by atoms with Crippen LogP contribution in [0.4, 0.5) is 0 Å². The first kappa shape index (κ1) is 14.8. The van der Waals surface area contributed by atoms with Gasteiger partial charge in [-0.25, -0.2) is 0 Å². The first-order valence-electron chi connectivity index (χ1n) is 7.20. The van der Waals surface area contributed by atoms with Gasteiger partial charge < -0.3 is 10.1 Å². The molecule has 1 aromatic carbocycles. The first-order chi connectivity index (χ1) is 9.17. The number of methoxy groups -OCH3 is 1. The van der Waals surface area contributed by atoms with E-state index in [0.717, 1.165) is 24.4 Å². The summed E-state index contributed by atoms with van der Waals surface area (Å²) in [7, 11) is 1.85. The van der Waals surface area contributed by atoms with Gasteiger partial charge in [-0.2, -0.15) is 0 Å². The van der Waals surface area contributed by atoms with Crippen molar-refractivity contribution < 1.29 is 4.74 Å². The number of hydrogen-bond acceptors (Lipinski definition) is 2. The van der Waals surface area contributed by atoms with E-state index in [1.165, 1.54) is 24.8 Å². The predicted octanol–water partition coefficient (Wildman–Crippen LogP) is 3.82. The number of ether oxygens (including phenoxy) is 1. The van der Waals surface area contributed by atoms with Crippen molar-refractivity contribution >= 4 is 11.6 Å². The molecule has 0 bridgehead atoms. The quantitative estimate of drug-likeness (QED) is 0.820. The maximum atomic E-state index is 6.06. The van der Waals surface area contributed by atoms with Gasteiger partial charge in [0, 0.05) is 18.2 Å². The van der Waals surface area contributed by atoms with Crippen LogP contribution in [-0.4, -0.2) is 25.3 Å². The highest BCUT2D eigenvalue weighted by Gasteiger charge is 2.38. The average Bonchev–Trinajstić information content (AvgIpc) is 2.34. The van der Waals surface area contributed by atoms with Gasteiger partial charge in [0.15, 0.2) is 0 Å². The Kier molecular flexibility index (Phi) is 5.26. The van der Waals surface area contributed by atoms with Gasteiger partial charge in [-0.15, -0.1) is 0 Å². The molecule has 0 aliphatic heterocycles. The second-order valence-electron chi connectivity index (χ2n) is 5.53. The molecule has 1 aliphatic carbocycles. The molecule has 1 unspecified atom stereocenters. The number of nitrogens with one attached hydrogen (secondary N) is 1. The van der Waals surface area contributed by atoms with Crippen molar-refractivity contribution in [2.45, 2.75) is 50.7 Å². The topological polar surface area (TPSA) is 21.3 Å². The van der Waals surface area contributed by atoms with Gasteiger partial charge in [0.05, 0.1) is 5.60 Å². The van der Waals surface area contributed by atoms with Gasteiger partial charge in [0.25, 0.3) is 0 Å². The Hall–Kier alpha value is -0.570. The Labute approximate surface area is 121 Å². The van der Waals surface area contributed by atoms with E-state index in [1.54, 1.807) is 0 Å². The minimum atomic E-state index is 0.116. The second-order valence-corrected chi connectivity index (χ2v) is 5.97. The molecule has 2 rings (SSSR count). The normalized spacial score (nSPS) is 18.9. The zero-order chi connectivity index (χ0) is 13.7. The molecule has 0 saturated heterocycles. The van der Waals surface area contributed by atoms with Crippen LogP contribution in [0.5, 0.6) is 0 Å². The van der Waals surface area contributed by atoms with Crippen LogP contribution in [0, 0.1) is 0 Å². The van der Waals surface area contributed by atoms with Crippen molar-refractivity contribution in [2.75, 3.05) is 13.7 Å². The van der Waals surface area contributed by atoms with Crippen LogP contribution < -0.4 is 5.32 Å².